The van der Waals surface area contributed by atoms with Gasteiger partial charge >= 0.3 is 0 Å². The summed E-state index contributed by atoms with van der Waals surface area (Å²) in [5.41, 5.74) is 4.10. The van der Waals surface area contributed by atoms with Gasteiger partial charge in [0.1, 0.15) is 5.69 Å². The van der Waals surface area contributed by atoms with Crippen LogP contribution >= 0.6 is 11.8 Å². The van der Waals surface area contributed by atoms with E-state index in [2.05, 4.69) is 44.6 Å². The second-order valence-corrected chi connectivity index (χ2v) is 8.01. The number of carbonyl (C=O) groups is 1. The lowest BCUT2D eigenvalue weighted by Crippen LogP contribution is -2.22. The minimum atomic E-state index is -0.331. The average Bonchev–Trinajstić information content (AvgIpc) is 3.18. The van der Waals surface area contributed by atoms with Crippen LogP contribution in [-0.4, -0.2) is 16.0 Å². The van der Waals surface area contributed by atoms with E-state index in [1.807, 2.05) is 36.4 Å². The molecule has 148 valence electrons. The van der Waals surface area contributed by atoms with Crippen molar-refractivity contribution in [2.45, 2.75) is 23.3 Å². The maximum absolute atomic E-state index is 12.6. The highest BCUT2D eigenvalue weighted by Gasteiger charge is 2.23. The van der Waals surface area contributed by atoms with Crippen LogP contribution in [0.2, 0.25) is 0 Å². The molecule has 1 N–H and O–H groups in total. The highest BCUT2D eigenvalue weighted by Crippen LogP contribution is 2.48. The highest BCUT2D eigenvalue weighted by atomic mass is 32.2. The molecule has 0 spiro atoms. The molecule has 0 fully saturated rings. The van der Waals surface area contributed by atoms with E-state index in [4.69, 9.17) is 4.52 Å². The minimum absolute atomic E-state index is 0.306. The molecule has 3 heterocycles. The van der Waals surface area contributed by atoms with Gasteiger partial charge in [-0.05, 0) is 43.3 Å². The molecule has 0 aliphatic carbocycles. The summed E-state index contributed by atoms with van der Waals surface area (Å²) in [4.78, 5) is 21.8. The lowest BCUT2D eigenvalue weighted by molar-refractivity contribution is 0.101. The van der Waals surface area contributed by atoms with E-state index in [1.165, 1.54) is 9.79 Å². The van der Waals surface area contributed by atoms with Gasteiger partial charge in [-0.15, -0.1) is 0 Å². The number of fused-ring (bicyclic) bond motifs is 2. The Morgan fingerprint density at radius 1 is 1.00 bits per heavy atom. The first-order valence-corrected chi connectivity index (χ1v) is 10.3. The molecule has 0 unspecified atom stereocenters. The number of aryl methyl sites for hydroxylation is 1. The van der Waals surface area contributed by atoms with Gasteiger partial charge in [0, 0.05) is 15.9 Å². The van der Waals surface area contributed by atoms with E-state index in [9.17, 15) is 4.79 Å². The standard InChI is InChI=1S/C23H18N4O2S/c1-15-13-22(29-26-15)25-23(28)17-8-6-7-16(24-17)14-27-18-9-2-4-11-20(18)30-21-12-5-3-10-19(21)27/h2-13H,14H2,1H3,(H,25,28). The first-order valence-electron chi connectivity index (χ1n) is 9.51. The molecule has 0 atom stereocenters. The Hall–Kier alpha value is -3.58. The Labute approximate surface area is 177 Å². The number of benzene rings is 2. The number of amides is 1. The summed E-state index contributed by atoms with van der Waals surface area (Å²) in [5.74, 6) is -0.0244. The summed E-state index contributed by atoms with van der Waals surface area (Å²) in [7, 11) is 0. The molecule has 0 saturated heterocycles. The maximum Gasteiger partial charge on any atom is 0.276 e. The fourth-order valence-corrected chi connectivity index (χ4v) is 4.50. The fraction of sp³-hybridized carbons (Fsp3) is 0.0870. The predicted molar refractivity (Wildman–Crippen MR) is 116 cm³/mol. The van der Waals surface area contributed by atoms with Crippen LogP contribution in [0.25, 0.3) is 0 Å². The molecule has 30 heavy (non-hydrogen) atoms. The van der Waals surface area contributed by atoms with E-state index < -0.39 is 0 Å². The van der Waals surface area contributed by atoms with Gasteiger partial charge in [-0.2, -0.15) is 0 Å². The quantitative estimate of drug-likeness (QED) is 0.480. The second kappa shape index (κ2) is 7.68. The van der Waals surface area contributed by atoms with Crippen LogP contribution in [0.3, 0.4) is 0 Å². The number of hydrogen-bond donors (Lipinski definition) is 1. The van der Waals surface area contributed by atoms with Gasteiger partial charge in [0.05, 0.1) is 29.3 Å². The van der Waals surface area contributed by atoms with Crippen molar-refractivity contribution in [3.05, 3.63) is 89.9 Å². The molecule has 0 saturated carbocycles. The molecular weight excluding hydrogens is 396 g/mol. The van der Waals surface area contributed by atoms with Gasteiger partial charge in [-0.25, -0.2) is 4.98 Å². The zero-order valence-electron chi connectivity index (χ0n) is 16.2. The summed E-state index contributed by atoms with van der Waals surface area (Å²) in [6.45, 7) is 2.35. The Morgan fingerprint density at radius 2 is 1.70 bits per heavy atom. The number of pyridine rings is 1. The number of anilines is 3. The molecule has 0 bridgehead atoms. The van der Waals surface area contributed by atoms with Gasteiger partial charge in [0.15, 0.2) is 0 Å². The van der Waals surface area contributed by atoms with Crippen LogP contribution in [0.4, 0.5) is 17.3 Å². The first kappa shape index (κ1) is 18.4. The summed E-state index contributed by atoms with van der Waals surface area (Å²) in [6.07, 6.45) is 0. The van der Waals surface area contributed by atoms with Crippen molar-refractivity contribution >= 4 is 34.9 Å². The summed E-state index contributed by atoms with van der Waals surface area (Å²) in [5, 5.41) is 6.48. The molecule has 4 aromatic rings. The Bertz CT molecular complexity index is 1190. The van der Waals surface area contributed by atoms with Crippen molar-refractivity contribution in [1.29, 1.82) is 0 Å². The Kier molecular flexibility index (Phi) is 4.72. The maximum atomic E-state index is 12.6. The van der Waals surface area contributed by atoms with E-state index in [1.54, 1.807) is 30.8 Å². The summed E-state index contributed by atoms with van der Waals surface area (Å²) >= 11 is 1.77. The number of nitrogens with one attached hydrogen (secondary N) is 1. The highest BCUT2D eigenvalue weighted by molar-refractivity contribution is 7.99. The topological polar surface area (TPSA) is 71.3 Å². The van der Waals surface area contributed by atoms with Crippen LogP contribution < -0.4 is 10.2 Å². The van der Waals surface area contributed by atoms with Crippen molar-refractivity contribution in [1.82, 2.24) is 10.1 Å². The van der Waals surface area contributed by atoms with E-state index in [-0.39, 0.29) is 5.91 Å². The van der Waals surface area contributed by atoms with Gasteiger partial charge in [0.2, 0.25) is 5.88 Å². The normalized spacial score (nSPS) is 12.2. The van der Waals surface area contributed by atoms with Crippen molar-refractivity contribution in [2.24, 2.45) is 0 Å². The third kappa shape index (κ3) is 3.55. The Balaban J connectivity index is 1.44. The zero-order chi connectivity index (χ0) is 20.5. The van der Waals surface area contributed by atoms with E-state index in [0.29, 0.717) is 23.8 Å². The number of nitrogens with zero attached hydrogens (tertiary/aromatic N) is 3. The molecule has 0 radical (unpaired) electrons. The summed E-state index contributed by atoms with van der Waals surface area (Å²) < 4.78 is 5.07. The fourth-order valence-electron chi connectivity index (χ4n) is 3.41. The molecule has 6 nitrogen and oxygen atoms in total. The molecule has 2 aromatic carbocycles. The van der Waals surface area contributed by atoms with Crippen molar-refractivity contribution < 1.29 is 9.32 Å². The average molecular weight is 414 g/mol. The molecule has 1 amide bonds. The lowest BCUT2D eigenvalue weighted by atomic mass is 10.2. The molecule has 7 heteroatoms. The number of carbonyl (C=O) groups excluding carboxylic acids is 1. The third-order valence-corrected chi connectivity index (χ3v) is 5.89. The van der Waals surface area contributed by atoms with Crippen LogP contribution in [-0.2, 0) is 6.54 Å². The molecule has 2 aromatic heterocycles. The van der Waals surface area contributed by atoms with Crippen molar-refractivity contribution in [3.8, 4) is 0 Å². The SMILES string of the molecule is Cc1cc(NC(=O)c2cccc(CN3c4ccccc4Sc4ccccc43)n2)on1. The minimum Gasteiger partial charge on any atom is -0.338 e. The summed E-state index contributed by atoms with van der Waals surface area (Å²) in [6, 6.07) is 23.8. The molecule has 5 rings (SSSR count). The van der Waals surface area contributed by atoms with Gasteiger partial charge in [-0.1, -0.05) is 47.3 Å². The largest absolute Gasteiger partial charge is 0.338 e. The van der Waals surface area contributed by atoms with Crippen LogP contribution in [0, 0.1) is 6.92 Å². The number of aromatic nitrogens is 2. The van der Waals surface area contributed by atoms with Gasteiger partial charge in [-0.3, -0.25) is 10.1 Å². The van der Waals surface area contributed by atoms with Crippen molar-refractivity contribution in [2.75, 3.05) is 10.2 Å². The predicted octanol–water partition coefficient (Wildman–Crippen LogP) is 5.43. The number of rotatable bonds is 4. The molecule has 1 aliphatic rings. The number of hydrogen-bond acceptors (Lipinski definition) is 6. The van der Waals surface area contributed by atoms with Gasteiger partial charge in [0.25, 0.3) is 5.91 Å². The van der Waals surface area contributed by atoms with Gasteiger partial charge < -0.3 is 9.42 Å². The van der Waals surface area contributed by atoms with Crippen molar-refractivity contribution in [3.63, 3.8) is 0 Å². The monoisotopic (exact) mass is 414 g/mol. The first-order chi connectivity index (χ1) is 14.7. The van der Waals surface area contributed by atoms with E-state index >= 15 is 0 Å². The van der Waals surface area contributed by atoms with Crippen LogP contribution in [0.1, 0.15) is 21.9 Å². The lowest BCUT2D eigenvalue weighted by Gasteiger charge is -2.32. The van der Waals surface area contributed by atoms with Crippen LogP contribution in [0.15, 0.2) is 87.1 Å². The smallest absolute Gasteiger partial charge is 0.276 e. The second-order valence-electron chi connectivity index (χ2n) is 6.92. The zero-order valence-corrected chi connectivity index (χ0v) is 17.0. The van der Waals surface area contributed by atoms with E-state index in [0.717, 1.165) is 17.1 Å². The number of para-hydroxylation sites is 2. The molecular formula is C23H18N4O2S. The Morgan fingerprint density at radius 3 is 2.37 bits per heavy atom. The third-order valence-electron chi connectivity index (χ3n) is 4.76. The molecule has 1 aliphatic heterocycles. The van der Waals surface area contributed by atoms with Crippen LogP contribution in [0.5, 0.6) is 0 Å².